The maximum atomic E-state index is 13.7. The molecule has 0 unspecified atom stereocenters. The molecule has 7 rings (SSSR count). The Morgan fingerprint density at radius 3 is 2.27 bits per heavy atom. The molecule has 4 aromatic carbocycles. The largest absolute Gasteiger partial charge is 0.453 e. The van der Waals surface area contributed by atoms with E-state index >= 15 is 0 Å². The van der Waals surface area contributed by atoms with Crippen molar-refractivity contribution in [3.8, 4) is 11.3 Å². The van der Waals surface area contributed by atoms with Gasteiger partial charge in [0.25, 0.3) is 0 Å². The molecule has 2 N–H and O–H groups in total. The third-order valence-electron chi connectivity index (χ3n) is 10.1. The highest BCUT2D eigenvalue weighted by Gasteiger charge is 2.37. The van der Waals surface area contributed by atoms with Gasteiger partial charge in [-0.05, 0) is 43.4 Å². The van der Waals surface area contributed by atoms with Crippen LogP contribution in [0.15, 0.2) is 108 Å². The molecule has 2 amide bonds. The van der Waals surface area contributed by atoms with Crippen LogP contribution >= 0.6 is 0 Å². The van der Waals surface area contributed by atoms with E-state index in [4.69, 9.17) is 14.7 Å². The van der Waals surface area contributed by atoms with Gasteiger partial charge in [-0.15, -0.1) is 0 Å². The first kappa shape index (κ1) is 34.7. The third kappa shape index (κ3) is 6.95. The summed E-state index contributed by atoms with van der Waals surface area (Å²) in [5.41, 5.74) is 8.26. The number of rotatable bonds is 11. The Hall–Kier alpha value is -5.70. The highest BCUT2D eigenvalue weighted by molar-refractivity contribution is 6.14. The number of benzene rings is 4. The number of carbonyl (C=O) groups excluding carboxylic acids is 2. The second-order valence-electron chi connectivity index (χ2n) is 13.9. The van der Waals surface area contributed by atoms with E-state index in [2.05, 4.69) is 107 Å². The summed E-state index contributed by atoms with van der Waals surface area (Å²) in [5, 5.41) is 5.12. The summed E-state index contributed by atoms with van der Waals surface area (Å²) in [6.07, 6.45) is 5.06. The molecule has 9 nitrogen and oxygen atoms in total. The molecule has 0 aliphatic carbocycles. The molecule has 0 bridgehead atoms. The lowest BCUT2D eigenvalue weighted by molar-refractivity contribution is -0.135. The number of H-pyrrole nitrogens is 1. The van der Waals surface area contributed by atoms with Gasteiger partial charge in [0.15, 0.2) is 0 Å². The number of nitrogens with zero attached hydrogens (tertiary/aromatic N) is 4. The molecular weight excluding hydrogens is 649 g/mol. The molecule has 1 aliphatic rings. The zero-order valence-corrected chi connectivity index (χ0v) is 30.3. The van der Waals surface area contributed by atoms with Gasteiger partial charge < -0.3 is 24.5 Å². The minimum absolute atomic E-state index is 0.0936. The van der Waals surface area contributed by atoms with Crippen LogP contribution in [-0.4, -0.2) is 56.8 Å². The molecule has 6 aromatic rings. The number of hydrogen-bond acceptors (Lipinski definition) is 5. The predicted molar refractivity (Wildman–Crippen MR) is 208 cm³/mol. The first-order chi connectivity index (χ1) is 25.4. The Morgan fingerprint density at radius 1 is 0.942 bits per heavy atom. The normalized spacial score (nSPS) is 14.9. The van der Waals surface area contributed by atoms with Gasteiger partial charge in [0.1, 0.15) is 11.9 Å². The number of nitrogens with one attached hydrogen (secondary N) is 2. The zero-order valence-electron chi connectivity index (χ0n) is 30.3. The summed E-state index contributed by atoms with van der Waals surface area (Å²) in [6.45, 7) is 7.57. The molecule has 0 radical (unpaired) electrons. The first-order valence-corrected chi connectivity index (χ1v) is 18.3. The van der Waals surface area contributed by atoms with Crippen LogP contribution in [0.5, 0.6) is 0 Å². The fourth-order valence-electron chi connectivity index (χ4n) is 7.34. The van der Waals surface area contributed by atoms with Crippen LogP contribution in [0.2, 0.25) is 0 Å². The Morgan fingerprint density at radius 2 is 1.62 bits per heavy atom. The van der Waals surface area contributed by atoms with E-state index in [1.807, 2.05) is 37.1 Å². The van der Waals surface area contributed by atoms with Crippen LogP contribution in [0, 0.1) is 5.92 Å². The Balaban J connectivity index is 1.24. The number of amides is 2. The summed E-state index contributed by atoms with van der Waals surface area (Å²) in [7, 11) is 1.31. The van der Waals surface area contributed by atoms with Crippen molar-refractivity contribution in [3.05, 3.63) is 120 Å². The number of aromatic amines is 1. The molecular formula is C43H46N6O3. The van der Waals surface area contributed by atoms with Crippen LogP contribution < -0.4 is 5.32 Å². The molecule has 52 heavy (non-hydrogen) atoms. The average Bonchev–Trinajstić information content (AvgIpc) is 3.93. The van der Waals surface area contributed by atoms with Gasteiger partial charge in [-0.3, -0.25) is 4.79 Å². The lowest BCUT2D eigenvalue weighted by atomic mass is 10.0. The Kier molecular flexibility index (Phi) is 10.2. The maximum absolute atomic E-state index is 13.7. The molecule has 9 heteroatoms. The van der Waals surface area contributed by atoms with Crippen molar-refractivity contribution in [3.63, 3.8) is 0 Å². The fraction of sp³-hybridized carbons (Fsp3) is 0.302. The van der Waals surface area contributed by atoms with E-state index in [1.54, 1.807) is 0 Å². The van der Waals surface area contributed by atoms with Gasteiger partial charge in [-0.2, -0.15) is 0 Å². The predicted octanol–water partition coefficient (Wildman–Crippen LogP) is 9.20. The number of alkyl carbamates (subject to hydrolysis) is 1. The minimum Gasteiger partial charge on any atom is -0.453 e. The zero-order chi connectivity index (χ0) is 36.2. The van der Waals surface area contributed by atoms with Crippen molar-refractivity contribution in [1.29, 1.82) is 0 Å². The molecule has 3 heterocycles. The lowest BCUT2D eigenvalue weighted by Crippen LogP contribution is -2.51. The van der Waals surface area contributed by atoms with Crippen molar-refractivity contribution < 1.29 is 14.3 Å². The maximum Gasteiger partial charge on any atom is 0.407 e. The first-order valence-electron chi connectivity index (χ1n) is 18.3. The number of aromatic nitrogens is 3. The van der Waals surface area contributed by atoms with E-state index in [-0.39, 0.29) is 17.9 Å². The van der Waals surface area contributed by atoms with Crippen LogP contribution in [0.25, 0.3) is 33.1 Å². The van der Waals surface area contributed by atoms with Crippen molar-refractivity contribution >= 4 is 45.2 Å². The monoisotopic (exact) mass is 694 g/mol. The van der Waals surface area contributed by atoms with Gasteiger partial charge in [-0.25, -0.2) is 14.8 Å². The Labute approximate surface area is 304 Å². The van der Waals surface area contributed by atoms with Crippen LogP contribution in [0.3, 0.4) is 0 Å². The van der Waals surface area contributed by atoms with Gasteiger partial charge in [0.05, 0.1) is 42.0 Å². The molecule has 2 aromatic heterocycles. The molecule has 266 valence electrons. The SMILES string of the molecule is CCCCn1c2cc(N=C(c3ccccc3)c3ccccc3)ccc2c2ccc(-c3cnc([C@@H]4CCCN4C(=O)[C@H](NC(=O)OC)C(C)C)[nH]3)cc21. The van der Waals surface area contributed by atoms with E-state index in [1.165, 1.54) is 17.9 Å². The Bertz CT molecular complexity index is 2180. The van der Waals surface area contributed by atoms with Crippen LogP contribution in [0.1, 0.15) is 69.4 Å². The van der Waals surface area contributed by atoms with Crippen molar-refractivity contribution in [2.45, 2.75) is 65.1 Å². The van der Waals surface area contributed by atoms with E-state index in [0.29, 0.717) is 6.54 Å². The number of ether oxygens (including phenoxy) is 1. The molecule has 0 spiro atoms. The van der Waals surface area contributed by atoms with Crippen molar-refractivity contribution in [2.24, 2.45) is 10.9 Å². The smallest absolute Gasteiger partial charge is 0.407 e. The van der Waals surface area contributed by atoms with Crippen molar-refractivity contribution in [2.75, 3.05) is 13.7 Å². The summed E-state index contributed by atoms with van der Waals surface area (Å²) >= 11 is 0. The highest BCUT2D eigenvalue weighted by Crippen LogP contribution is 2.37. The molecule has 1 fully saturated rings. The molecule has 1 aliphatic heterocycles. The number of fused-ring (bicyclic) bond motifs is 3. The molecule has 2 atom stereocenters. The number of likely N-dealkylation sites (tertiary alicyclic amines) is 1. The quantitative estimate of drug-likeness (QED) is 0.132. The second kappa shape index (κ2) is 15.3. The van der Waals surface area contributed by atoms with Gasteiger partial charge >= 0.3 is 6.09 Å². The van der Waals surface area contributed by atoms with E-state index in [9.17, 15) is 9.59 Å². The second-order valence-corrected chi connectivity index (χ2v) is 13.9. The van der Waals surface area contributed by atoms with E-state index in [0.717, 1.165) is 82.9 Å². The van der Waals surface area contributed by atoms with Crippen molar-refractivity contribution in [1.82, 2.24) is 24.8 Å². The number of aliphatic imine (C=N–C) groups is 1. The topological polar surface area (TPSA) is 105 Å². The van der Waals surface area contributed by atoms with E-state index < -0.39 is 12.1 Å². The summed E-state index contributed by atoms with van der Waals surface area (Å²) < 4.78 is 7.22. The van der Waals surface area contributed by atoms with Gasteiger partial charge in [0.2, 0.25) is 5.91 Å². The number of aryl methyl sites for hydroxylation is 1. The average molecular weight is 695 g/mol. The fourth-order valence-corrected chi connectivity index (χ4v) is 7.34. The van der Waals surface area contributed by atoms with Crippen LogP contribution in [-0.2, 0) is 16.1 Å². The molecule has 1 saturated heterocycles. The number of imidazole rings is 1. The standard InChI is InChI=1S/C43H46N6O3/c1-5-6-23-48-37-25-31(35-27-44-41(46-35)36-18-13-24-49(36)42(50)39(28(2)3)47-43(51)52-4)19-21-33(37)34-22-20-32(26-38(34)48)45-40(29-14-9-7-10-15-29)30-16-11-8-12-17-30/h7-12,14-17,19-22,25-28,36,39H,5-6,13,18,23-24H2,1-4H3,(H,44,46)(H,47,51)/t36-,39+/m0/s1. The van der Waals surface area contributed by atoms with Gasteiger partial charge in [-0.1, -0.05) is 106 Å². The third-order valence-corrected chi connectivity index (χ3v) is 10.1. The summed E-state index contributed by atoms with van der Waals surface area (Å²) in [4.78, 5) is 41.1. The minimum atomic E-state index is -0.676. The van der Waals surface area contributed by atoms with Gasteiger partial charge in [0, 0.05) is 46.1 Å². The van der Waals surface area contributed by atoms with Crippen LogP contribution in [0.4, 0.5) is 10.5 Å². The number of methoxy groups -OCH3 is 1. The number of carbonyl (C=O) groups is 2. The molecule has 0 saturated carbocycles. The summed E-state index contributed by atoms with van der Waals surface area (Å²) in [6, 6.07) is 33.0. The highest BCUT2D eigenvalue weighted by atomic mass is 16.5. The summed E-state index contributed by atoms with van der Waals surface area (Å²) in [5.74, 6) is 0.540. The number of hydrogen-bond donors (Lipinski definition) is 2. The lowest BCUT2D eigenvalue weighted by Gasteiger charge is -2.30. The number of unbranched alkanes of at least 4 members (excludes halogenated alkanes) is 1.